The summed E-state index contributed by atoms with van der Waals surface area (Å²) in [5.41, 5.74) is 3.55. The zero-order valence-electron chi connectivity index (χ0n) is 16.5. The second kappa shape index (κ2) is 8.88. The van der Waals surface area contributed by atoms with Gasteiger partial charge in [-0.15, -0.1) is 0 Å². The standard InChI is InChI=1S/C22H25FN4OS/c1-16-2-3-17(12-20(16)23)13-24-22(28)18-4-8-26(9-5-18)15-27-10-6-21(25-27)19-7-11-29-14-19/h2-3,6-7,10-12,14,18H,4-5,8-9,13,15H2,1H3,(H,24,28). The van der Waals surface area contributed by atoms with E-state index < -0.39 is 0 Å². The number of amides is 1. The summed E-state index contributed by atoms with van der Waals surface area (Å²) in [6.07, 6.45) is 3.66. The zero-order valence-corrected chi connectivity index (χ0v) is 17.3. The van der Waals surface area contributed by atoms with Gasteiger partial charge < -0.3 is 5.32 Å². The van der Waals surface area contributed by atoms with Crippen LogP contribution in [0.4, 0.5) is 4.39 Å². The zero-order chi connectivity index (χ0) is 20.2. The van der Waals surface area contributed by atoms with Gasteiger partial charge in [0.15, 0.2) is 0 Å². The van der Waals surface area contributed by atoms with E-state index in [1.54, 1.807) is 24.3 Å². The number of aryl methyl sites for hydroxylation is 1. The lowest BCUT2D eigenvalue weighted by Gasteiger charge is -2.31. The third kappa shape index (κ3) is 4.92. The van der Waals surface area contributed by atoms with Gasteiger partial charge in [0.25, 0.3) is 0 Å². The number of rotatable bonds is 6. The van der Waals surface area contributed by atoms with E-state index in [-0.39, 0.29) is 17.6 Å². The van der Waals surface area contributed by atoms with Crippen molar-refractivity contribution in [1.29, 1.82) is 0 Å². The van der Waals surface area contributed by atoms with E-state index in [1.807, 2.05) is 23.0 Å². The first kappa shape index (κ1) is 19.8. The average Bonchev–Trinajstić information content (AvgIpc) is 3.41. The maximum atomic E-state index is 13.6. The van der Waals surface area contributed by atoms with Gasteiger partial charge in [0.1, 0.15) is 5.82 Å². The Morgan fingerprint density at radius 2 is 2.10 bits per heavy atom. The number of nitrogens with zero attached hydrogens (tertiary/aromatic N) is 3. The predicted octanol–water partition coefficient (Wildman–Crippen LogP) is 4.05. The summed E-state index contributed by atoms with van der Waals surface area (Å²) in [6, 6.07) is 9.21. The summed E-state index contributed by atoms with van der Waals surface area (Å²) in [5, 5.41) is 11.8. The van der Waals surface area contributed by atoms with Gasteiger partial charge in [-0.1, -0.05) is 12.1 Å². The number of piperidine rings is 1. The SMILES string of the molecule is Cc1ccc(CNC(=O)C2CCN(Cn3ccc(-c4ccsc4)n3)CC2)cc1F. The number of thiophene rings is 1. The highest BCUT2D eigenvalue weighted by atomic mass is 32.1. The lowest BCUT2D eigenvalue weighted by molar-refractivity contribution is -0.126. The summed E-state index contributed by atoms with van der Waals surface area (Å²) in [6.45, 7) is 4.57. The van der Waals surface area contributed by atoms with Gasteiger partial charge in [0.2, 0.25) is 5.91 Å². The molecule has 0 atom stereocenters. The largest absolute Gasteiger partial charge is 0.352 e. The number of hydrogen-bond acceptors (Lipinski definition) is 4. The molecule has 1 aromatic carbocycles. The molecule has 4 rings (SSSR count). The molecule has 3 aromatic rings. The first-order chi connectivity index (χ1) is 14.1. The minimum Gasteiger partial charge on any atom is -0.352 e. The van der Waals surface area contributed by atoms with E-state index >= 15 is 0 Å². The van der Waals surface area contributed by atoms with Crippen molar-refractivity contribution in [2.45, 2.75) is 33.0 Å². The number of carbonyl (C=O) groups excluding carboxylic acids is 1. The van der Waals surface area contributed by atoms with Crippen LogP contribution in [0.15, 0.2) is 47.3 Å². The summed E-state index contributed by atoms with van der Waals surface area (Å²) in [5.74, 6) is -0.157. The Morgan fingerprint density at radius 3 is 2.83 bits per heavy atom. The van der Waals surface area contributed by atoms with E-state index in [9.17, 15) is 9.18 Å². The maximum Gasteiger partial charge on any atom is 0.223 e. The van der Waals surface area contributed by atoms with Crippen LogP contribution in [0.1, 0.15) is 24.0 Å². The maximum absolute atomic E-state index is 13.6. The molecule has 0 saturated carbocycles. The van der Waals surface area contributed by atoms with Crippen LogP contribution in [0.2, 0.25) is 0 Å². The Morgan fingerprint density at radius 1 is 1.28 bits per heavy atom. The molecular weight excluding hydrogens is 387 g/mol. The number of nitrogens with one attached hydrogen (secondary N) is 1. The predicted molar refractivity (Wildman–Crippen MR) is 113 cm³/mol. The summed E-state index contributed by atoms with van der Waals surface area (Å²) in [7, 11) is 0. The van der Waals surface area contributed by atoms with Gasteiger partial charge in [0, 0.05) is 42.7 Å². The monoisotopic (exact) mass is 412 g/mol. The Kier molecular flexibility index (Phi) is 6.06. The molecule has 152 valence electrons. The normalized spacial score (nSPS) is 15.5. The van der Waals surface area contributed by atoms with Gasteiger partial charge >= 0.3 is 0 Å². The molecule has 0 bridgehead atoms. The third-order valence-corrected chi connectivity index (χ3v) is 6.15. The van der Waals surface area contributed by atoms with Crippen LogP contribution in [-0.2, 0) is 18.0 Å². The van der Waals surface area contributed by atoms with Crippen molar-refractivity contribution < 1.29 is 9.18 Å². The second-order valence-corrected chi connectivity index (χ2v) is 8.37. The van der Waals surface area contributed by atoms with Crippen molar-refractivity contribution in [3.8, 4) is 11.3 Å². The van der Waals surface area contributed by atoms with Crippen molar-refractivity contribution in [1.82, 2.24) is 20.0 Å². The lowest BCUT2D eigenvalue weighted by Crippen LogP contribution is -2.41. The smallest absolute Gasteiger partial charge is 0.223 e. The summed E-state index contributed by atoms with van der Waals surface area (Å²) < 4.78 is 15.6. The van der Waals surface area contributed by atoms with Crippen LogP contribution in [0.3, 0.4) is 0 Å². The van der Waals surface area contributed by atoms with Crippen molar-refractivity contribution >= 4 is 17.2 Å². The van der Waals surface area contributed by atoms with Crippen molar-refractivity contribution in [3.05, 3.63) is 64.2 Å². The Bertz CT molecular complexity index is 961. The van der Waals surface area contributed by atoms with Gasteiger partial charge in [-0.05, 0) is 54.5 Å². The molecular formula is C22H25FN4OS. The van der Waals surface area contributed by atoms with E-state index in [1.165, 1.54) is 6.07 Å². The molecule has 0 aliphatic carbocycles. The molecule has 0 unspecified atom stereocenters. The van der Waals surface area contributed by atoms with Crippen LogP contribution in [0, 0.1) is 18.7 Å². The molecule has 0 radical (unpaired) electrons. The fourth-order valence-corrected chi connectivity index (χ4v) is 4.28. The van der Waals surface area contributed by atoms with Crippen LogP contribution < -0.4 is 5.32 Å². The summed E-state index contributed by atoms with van der Waals surface area (Å²) >= 11 is 1.67. The number of likely N-dealkylation sites (tertiary alicyclic amines) is 1. The molecule has 7 heteroatoms. The minimum absolute atomic E-state index is 0.0144. The van der Waals surface area contributed by atoms with Gasteiger partial charge in [0.05, 0.1) is 12.4 Å². The van der Waals surface area contributed by atoms with Crippen LogP contribution in [-0.4, -0.2) is 33.7 Å². The van der Waals surface area contributed by atoms with E-state index in [0.717, 1.165) is 49.4 Å². The van der Waals surface area contributed by atoms with Gasteiger partial charge in [-0.3, -0.25) is 14.4 Å². The second-order valence-electron chi connectivity index (χ2n) is 7.59. The van der Waals surface area contributed by atoms with Gasteiger partial charge in [-0.2, -0.15) is 16.4 Å². The van der Waals surface area contributed by atoms with Crippen LogP contribution in [0.25, 0.3) is 11.3 Å². The molecule has 1 fully saturated rings. The first-order valence-corrected chi connectivity index (χ1v) is 10.8. The number of aromatic nitrogens is 2. The van der Waals surface area contributed by atoms with E-state index in [0.29, 0.717) is 12.1 Å². The fourth-order valence-electron chi connectivity index (χ4n) is 3.63. The summed E-state index contributed by atoms with van der Waals surface area (Å²) in [4.78, 5) is 14.8. The molecule has 1 N–H and O–H groups in total. The number of hydrogen-bond donors (Lipinski definition) is 1. The topological polar surface area (TPSA) is 50.2 Å². The Balaban J connectivity index is 1.23. The number of carbonyl (C=O) groups is 1. The fraction of sp³-hybridized carbons (Fsp3) is 0.364. The molecule has 1 aliphatic rings. The van der Waals surface area contributed by atoms with Gasteiger partial charge in [-0.25, -0.2) is 4.39 Å². The molecule has 5 nitrogen and oxygen atoms in total. The van der Waals surface area contributed by atoms with E-state index in [4.69, 9.17) is 0 Å². The lowest BCUT2D eigenvalue weighted by atomic mass is 9.96. The molecule has 3 heterocycles. The average molecular weight is 413 g/mol. The van der Waals surface area contributed by atoms with Crippen LogP contribution in [0.5, 0.6) is 0 Å². The number of halogens is 1. The van der Waals surface area contributed by atoms with Crippen LogP contribution >= 0.6 is 11.3 Å². The Labute approximate surface area is 174 Å². The first-order valence-electron chi connectivity index (χ1n) is 9.89. The Hall–Kier alpha value is -2.51. The van der Waals surface area contributed by atoms with E-state index in [2.05, 4.69) is 32.1 Å². The molecule has 2 aromatic heterocycles. The minimum atomic E-state index is -0.231. The van der Waals surface area contributed by atoms with Crippen molar-refractivity contribution in [2.75, 3.05) is 13.1 Å². The number of benzene rings is 1. The van der Waals surface area contributed by atoms with Crippen molar-refractivity contribution in [3.63, 3.8) is 0 Å². The highest BCUT2D eigenvalue weighted by molar-refractivity contribution is 7.08. The third-order valence-electron chi connectivity index (χ3n) is 5.46. The highest BCUT2D eigenvalue weighted by Gasteiger charge is 2.25. The molecule has 1 amide bonds. The quantitative estimate of drug-likeness (QED) is 0.665. The highest BCUT2D eigenvalue weighted by Crippen LogP contribution is 2.21. The molecule has 0 spiro atoms. The molecule has 1 saturated heterocycles. The molecule has 29 heavy (non-hydrogen) atoms. The molecule has 1 aliphatic heterocycles. The van der Waals surface area contributed by atoms with Crippen molar-refractivity contribution in [2.24, 2.45) is 5.92 Å².